The van der Waals surface area contributed by atoms with Crippen LogP contribution in [-0.2, 0) is 4.79 Å². The lowest BCUT2D eigenvalue weighted by atomic mass is 9.98. The summed E-state index contributed by atoms with van der Waals surface area (Å²) in [6.45, 7) is 2.48. The van der Waals surface area contributed by atoms with E-state index in [0.717, 1.165) is 25.9 Å². The van der Waals surface area contributed by atoms with Gasteiger partial charge in [0.15, 0.2) is 0 Å². The highest BCUT2D eigenvalue weighted by Crippen LogP contribution is 2.15. The number of nitrogens with two attached hydrogens (primary N) is 2. The van der Waals surface area contributed by atoms with E-state index in [4.69, 9.17) is 16.6 Å². The maximum Gasteiger partial charge on any atom is 0.235 e. The van der Waals surface area contributed by atoms with Crippen LogP contribution in [0.5, 0.6) is 0 Å². The summed E-state index contributed by atoms with van der Waals surface area (Å²) in [5, 5.41) is 9.00. The largest absolute Gasteiger partial charge is 0.396 e. The molecule has 0 bridgehead atoms. The van der Waals surface area contributed by atoms with Gasteiger partial charge in [0.25, 0.3) is 0 Å². The predicted octanol–water partition coefficient (Wildman–Crippen LogP) is -1.50. The van der Waals surface area contributed by atoms with Gasteiger partial charge in [-0.3, -0.25) is 4.79 Å². The van der Waals surface area contributed by atoms with Gasteiger partial charge in [0.05, 0.1) is 6.04 Å². The molecule has 1 heterocycles. The van der Waals surface area contributed by atoms with Gasteiger partial charge in [0, 0.05) is 19.7 Å². The van der Waals surface area contributed by atoms with E-state index in [9.17, 15) is 4.79 Å². The Hall–Kier alpha value is -0.650. The topological polar surface area (TPSA) is 92.6 Å². The molecule has 1 aliphatic rings. The summed E-state index contributed by atoms with van der Waals surface area (Å²) >= 11 is 0. The Labute approximate surface area is 84.0 Å². The third kappa shape index (κ3) is 3.25. The van der Waals surface area contributed by atoms with E-state index in [2.05, 4.69) is 4.90 Å². The minimum absolute atomic E-state index is 0.211. The van der Waals surface area contributed by atoms with Crippen LogP contribution in [0.3, 0.4) is 0 Å². The number of hydrogen-bond acceptors (Lipinski definition) is 4. The Morgan fingerprint density at radius 1 is 1.64 bits per heavy atom. The van der Waals surface area contributed by atoms with Gasteiger partial charge in [0.1, 0.15) is 0 Å². The van der Waals surface area contributed by atoms with Crippen LogP contribution in [0.15, 0.2) is 0 Å². The van der Waals surface area contributed by atoms with Crippen LogP contribution in [0.4, 0.5) is 0 Å². The van der Waals surface area contributed by atoms with Crippen molar-refractivity contribution in [3.8, 4) is 0 Å². The van der Waals surface area contributed by atoms with Crippen LogP contribution in [-0.4, -0.2) is 48.2 Å². The van der Waals surface area contributed by atoms with Crippen molar-refractivity contribution in [1.82, 2.24) is 4.90 Å². The number of amides is 1. The quantitative estimate of drug-likeness (QED) is 0.516. The SMILES string of the molecule is NC(=O)C(N)CN1CCCC(CO)C1. The smallest absolute Gasteiger partial charge is 0.235 e. The second kappa shape index (κ2) is 5.29. The van der Waals surface area contributed by atoms with Crippen molar-refractivity contribution >= 4 is 5.91 Å². The molecule has 0 aromatic rings. The summed E-state index contributed by atoms with van der Waals surface area (Å²) in [6.07, 6.45) is 2.11. The number of carbonyl (C=O) groups is 1. The number of likely N-dealkylation sites (tertiary alicyclic amines) is 1. The van der Waals surface area contributed by atoms with Crippen LogP contribution in [0, 0.1) is 5.92 Å². The Morgan fingerprint density at radius 3 is 2.93 bits per heavy atom. The molecule has 0 saturated carbocycles. The van der Waals surface area contributed by atoms with Gasteiger partial charge in [-0.15, -0.1) is 0 Å². The summed E-state index contributed by atoms with van der Waals surface area (Å²) in [4.78, 5) is 12.8. The molecule has 82 valence electrons. The Bertz CT molecular complexity index is 198. The summed E-state index contributed by atoms with van der Waals surface area (Å²) < 4.78 is 0. The van der Waals surface area contributed by atoms with Crippen molar-refractivity contribution < 1.29 is 9.90 Å². The molecule has 1 saturated heterocycles. The molecular weight excluding hydrogens is 182 g/mol. The van der Waals surface area contributed by atoms with E-state index in [0.29, 0.717) is 12.5 Å². The zero-order valence-corrected chi connectivity index (χ0v) is 8.35. The van der Waals surface area contributed by atoms with E-state index in [1.165, 1.54) is 0 Å². The molecule has 2 atom stereocenters. The fraction of sp³-hybridized carbons (Fsp3) is 0.889. The molecular formula is C9H19N3O2. The molecule has 0 aromatic heterocycles. The van der Waals surface area contributed by atoms with E-state index in [1.807, 2.05) is 0 Å². The van der Waals surface area contributed by atoms with E-state index in [1.54, 1.807) is 0 Å². The van der Waals surface area contributed by atoms with Crippen molar-refractivity contribution in [2.45, 2.75) is 18.9 Å². The zero-order chi connectivity index (χ0) is 10.6. The number of primary amides is 1. The Morgan fingerprint density at radius 2 is 2.36 bits per heavy atom. The predicted molar refractivity (Wildman–Crippen MR) is 53.4 cm³/mol. The van der Waals surface area contributed by atoms with Crippen LogP contribution in [0.25, 0.3) is 0 Å². The van der Waals surface area contributed by atoms with Crippen LogP contribution in [0.1, 0.15) is 12.8 Å². The number of aliphatic hydroxyl groups is 1. The fourth-order valence-corrected chi connectivity index (χ4v) is 1.83. The van der Waals surface area contributed by atoms with E-state index < -0.39 is 11.9 Å². The number of rotatable bonds is 4. The van der Waals surface area contributed by atoms with Crippen molar-refractivity contribution in [3.05, 3.63) is 0 Å². The molecule has 1 amide bonds. The minimum atomic E-state index is -0.590. The first-order chi connectivity index (χ1) is 6.63. The van der Waals surface area contributed by atoms with Crippen LogP contribution >= 0.6 is 0 Å². The number of aliphatic hydroxyl groups excluding tert-OH is 1. The molecule has 5 N–H and O–H groups in total. The first-order valence-electron chi connectivity index (χ1n) is 5.01. The van der Waals surface area contributed by atoms with Gasteiger partial charge in [0.2, 0.25) is 5.91 Å². The van der Waals surface area contributed by atoms with Gasteiger partial charge in [-0.1, -0.05) is 0 Å². The normalized spacial score (nSPS) is 26.0. The molecule has 5 nitrogen and oxygen atoms in total. The second-order valence-corrected chi connectivity index (χ2v) is 3.96. The van der Waals surface area contributed by atoms with Gasteiger partial charge in [-0.25, -0.2) is 0 Å². The monoisotopic (exact) mass is 201 g/mol. The lowest BCUT2D eigenvalue weighted by Gasteiger charge is -2.32. The average molecular weight is 201 g/mol. The number of nitrogens with zero attached hydrogens (tertiary/aromatic N) is 1. The van der Waals surface area contributed by atoms with Crippen LogP contribution in [0.2, 0.25) is 0 Å². The molecule has 0 radical (unpaired) electrons. The Kier molecular flexibility index (Phi) is 4.31. The van der Waals surface area contributed by atoms with Crippen molar-refractivity contribution in [2.75, 3.05) is 26.2 Å². The summed E-state index contributed by atoms with van der Waals surface area (Å²) in [5.41, 5.74) is 10.6. The average Bonchev–Trinajstić information content (AvgIpc) is 2.18. The maximum absolute atomic E-state index is 10.7. The molecule has 0 spiro atoms. The highest BCUT2D eigenvalue weighted by Gasteiger charge is 2.22. The lowest BCUT2D eigenvalue weighted by molar-refractivity contribution is -0.119. The maximum atomic E-state index is 10.7. The second-order valence-electron chi connectivity index (χ2n) is 3.96. The van der Waals surface area contributed by atoms with Crippen LogP contribution < -0.4 is 11.5 Å². The highest BCUT2D eigenvalue weighted by molar-refractivity contribution is 5.79. The lowest BCUT2D eigenvalue weighted by Crippen LogP contribution is -2.49. The summed E-state index contributed by atoms with van der Waals surface area (Å²) in [7, 11) is 0. The van der Waals surface area contributed by atoms with Crippen molar-refractivity contribution in [1.29, 1.82) is 0 Å². The summed E-state index contributed by atoms with van der Waals surface area (Å²) in [6, 6.07) is -0.590. The zero-order valence-electron chi connectivity index (χ0n) is 8.35. The summed E-state index contributed by atoms with van der Waals surface area (Å²) in [5.74, 6) is -0.139. The van der Waals surface area contributed by atoms with Gasteiger partial charge < -0.3 is 21.5 Å². The van der Waals surface area contributed by atoms with E-state index in [-0.39, 0.29) is 6.61 Å². The number of hydrogen-bond donors (Lipinski definition) is 3. The highest BCUT2D eigenvalue weighted by atomic mass is 16.3. The van der Waals surface area contributed by atoms with Crippen molar-refractivity contribution in [3.63, 3.8) is 0 Å². The first-order valence-corrected chi connectivity index (χ1v) is 5.01. The van der Waals surface area contributed by atoms with Gasteiger partial charge in [-0.05, 0) is 25.3 Å². The molecule has 1 rings (SSSR count). The molecule has 14 heavy (non-hydrogen) atoms. The minimum Gasteiger partial charge on any atom is -0.396 e. The number of piperidine rings is 1. The van der Waals surface area contributed by atoms with Gasteiger partial charge >= 0.3 is 0 Å². The molecule has 0 aromatic carbocycles. The number of carbonyl (C=O) groups excluding carboxylic acids is 1. The molecule has 5 heteroatoms. The third-order valence-corrected chi connectivity index (χ3v) is 2.68. The third-order valence-electron chi connectivity index (χ3n) is 2.68. The van der Waals surface area contributed by atoms with Gasteiger partial charge in [-0.2, -0.15) is 0 Å². The first kappa shape index (κ1) is 11.4. The molecule has 1 aliphatic heterocycles. The van der Waals surface area contributed by atoms with E-state index >= 15 is 0 Å². The van der Waals surface area contributed by atoms with Crippen molar-refractivity contribution in [2.24, 2.45) is 17.4 Å². The molecule has 2 unspecified atom stereocenters. The fourth-order valence-electron chi connectivity index (χ4n) is 1.83. The standard InChI is InChI=1S/C9H19N3O2/c10-8(9(11)14)5-12-3-1-2-7(4-12)6-13/h7-8,13H,1-6,10H2,(H2,11,14). The molecule has 0 aliphatic carbocycles. The Balaban J connectivity index is 2.33. The molecule has 1 fully saturated rings.